The Bertz CT molecular complexity index is 391. The van der Waals surface area contributed by atoms with Crippen LogP contribution in [0.5, 0.6) is 0 Å². The lowest BCUT2D eigenvalue weighted by molar-refractivity contribution is 0.176. The van der Waals surface area contributed by atoms with Crippen molar-refractivity contribution in [3.05, 3.63) is 35.4 Å². The zero-order valence-corrected chi connectivity index (χ0v) is 15.0. The van der Waals surface area contributed by atoms with E-state index in [1.165, 1.54) is 11.1 Å². The van der Waals surface area contributed by atoms with Crippen molar-refractivity contribution < 1.29 is 0 Å². The van der Waals surface area contributed by atoms with Gasteiger partial charge in [-0.1, -0.05) is 45.0 Å². The summed E-state index contributed by atoms with van der Waals surface area (Å²) >= 11 is 0. The quantitative estimate of drug-likeness (QED) is 0.757. The number of hydrogen-bond acceptors (Lipinski definition) is 2. The highest BCUT2D eigenvalue weighted by Gasteiger charge is 2.13. The van der Waals surface area contributed by atoms with Crippen molar-refractivity contribution in [1.29, 1.82) is 0 Å². The predicted octanol–water partition coefficient (Wildman–Crippen LogP) is 4.19. The molecule has 0 fully saturated rings. The van der Waals surface area contributed by atoms with Gasteiger partial charge in [-0.05, 0) is 44.2 Å². The van der Waals surface area contributed by atoms with E-state index >= 15 is 0 Å². The minimum absolute atomic E-state index is 0.237. The summed E-state index contributed by atoms with van der Waals surface area (Å²) in [4.78, 5) is 2.52. The number of nitrogens with one attached hydrogen (secondary N) is 1. The number of hydrogen-bond donors (Lipinski definition) is 1. The molecule has 2 nitrogen and oxygen atoms in total. The van der Waals surface area contributed by atoms with Crippen LogP contribution in [0.1, 0.15) is 59.6 Å². The maximum absolute atomic E-state index is 3.56. The van der Waals surface area contributed by atoms with Crippen LogP contribution in [0.2, 0.25) is 0 Å². The van der Waals surface area contributed by atoms with Gasteiger partial charge in [-0.15, -0.1) is 0 Å². The summed E-state index contributed by atoms with van der Waals surface area (Å²) in [6.07, 6.45) is 0. The van der Waals surface area contributed by atoms with Crippen LogP contribution in [-0.4, -0.2) is 30.1 Å². The zero-order chi connectivity index (χ0) is 16.0. The van der Waals surface area contributed by atoms with Crippen LogP contribution in [0.15, 0.2) is 24.3 Å². The Labute approximate surface area is 131 Å². The van der Waals surface area contributed by atoms with Crippen molar-refractivity contribution in [2.45, 2.75) is 72.5 Å². The van der Waals surface area contributed by atoms with E-state index < -0.39 is 0 Å². The van der Waals surface area contributed by atoms with Gasteiger partial charge in [-0.25, -0.2) is 0 Å². The second kappa shape index (κ2) is 7.95. The van der Waals surface area contributed by atoms with Crippen LogP contribution >= 0.6 is 0 Å². The van der Waals surface area contributed by atoms with Crippen LogP contribution in [0.4, 0.5) is 0 Å². The average Bonchev–Trinajstić information content (AvgIpc) is 2.37. The van der Waals surface area contributed by atoms with Gasteiger partial charge in [0.2, 0.25) is 0 Å². The van der Waals surface area contributed by atoms with Gasteiger partial charge >= 0.3 is 0 Å². The number of nitrogens with zero attached hydrogens (tertiary/aromatic N) is 1. The van der Waals surface area contributed by atoms with E-state index in [9.17, 15) is 0 Å². The first kappa shape index (κ1) is 18.2. The van der Waals surface area contributed by atoms with E-state index in [1.54, 1.807) is 0 Å². The topological polar surface area (TPSA) is 15.3 Å². The lowest BCUT2D eigenvalue weighted by Crippen LogP contribution is -2.41. The third-order valence-corrected chi connectivity index (χ3v) is 4.02. The molecule has 0 aliphatic carbocycles. The summed E-state index contributed by atoms with van der Waals surface area (Å²) in [5.74, 6) is 0. The lowest BCUT2D eigenvalue weighted by Gasteiger charge is -2.30. The van der Waals surface area contributed by atoms with E-state index in [2.05, 4.69) is 82.9 Å². The predicted molar refractivity (Wildman–Crippen MR) is 93.8 cm³/mol. The monoisotopic (exact) mass is 290 g/mol. The Hall–Kier alpha value is -0.860. The molecule has 0 saturated heterocycles. The van der Waals surface area contributed by atoms with Crippen molar-refractivity contribution >= 4 is 0 Å². The first-order valence-electron chi connectivity index (χ1n) is 8.27. The van der Waals surface area contributed by atoms with E-state index in [1.807, 2.05) is 0 Å². The van der Waals surface area contributed by atoms with E-state index in [4.69, 9.17) is 0 Å². The molecule has 21 heavy (non-hydrogen) atoms. The largest absolute Gasteiger partial charge is 0.311 e. The molecule has 0 amide bonds. The summed E-state index contributed by atoms with van der Waals surface area (Å²) < 4.78 is 0. The van der Waals surface area contributed by atoms with Crippen LogP contribution in [0.25, 0.3) is 0 Å². The highest BCUT2D eigenvalue weighted by atomic mass is 15.2. The van der Waals surface area contributed by atoms with Crippen LogP contribution < -0.4 is 5.32 Å². The molecule has 0 spiro atoms. The first-order chi connectivity index (χ1) is 9.71. The maximum Gasteiger partial charge on any atom is 0.0206 e. The van der Waals surface area contributed by atoms with Crippen LogP contribution in [0.3, 0.4) is 0 Å². The average molecular weight is 290 g/mol. The highest BCUT2D eigenvalue weighted by Crippen LogP contribution is 2.22. The smallest absolute Gasteiger partial charge is 0.0206 e. The fourth-order valence-corrected chi connectivity index (χ4v) is 2.68. The third kappa shape index (κ3) is 6.19. The molecule has 120 valence electrons. The molecule has 0 saturated carbocycles. The molecule has 0 atom stereocenters. The molecule has 0 aliphatic rings. The fraction of sp³-hybridized carbons (Fsp3) is 0.684. The van der Waals surface area contributed by atoms with Crippen molar-refractivity contribution in [1.82, 2.24) is 10.2 Å². The maximum atomic E-state index is 3.56. The second-order valence-electron chi connectivity index (χ2n) is 7.55. The first-order valence-corrected chi connectivity index (χ1v) is 8.27. The van der Waals surface area contributed by atoms with Crippen LogP contribution in [-0.2, 0) is 12.0 Å². The minimum Gasteiger partial charge on any atom is -0.311 e. The Balaban J connectivity index is 2.39. The van der Waals surface area contributed by atoms with E-state index in [0.29, 0.717) is 12.1 Å². The standard InChI is InChI=1S/C19H34N2/c1-15(2)21(16(3)4)13-12-20-14-17-8-10-18(11-9-17)19(5,6)7/h8-11,15-16,20H,12-14H2,1-7H3. The molecule has 0 radical (unpaired) electrons. The molecule has 2 heteroatoms. The van der Waals surface area contributed by atoms with Gasteiger partial charge in [0.25, 0.3) is 0 Å². The third-order valence-electron chi connectivity index (χ3n) is 4.02. The molecule has 0 heterocycles. The molecule has 0 unspecified atom stereocenters. The Morgan fingerprint density at radius 1 is 0.952 bits per heavy atom. The van der Waals surface area contributed by atoms with Gasteiger partial charge in [0.15, 0.2) is 0 Å². The van der Waals surface area contributed by atoms with Gasteiger partial charge in [-0.3, -0.25) is 4.90 Å². The Kier molecular flexibility index (Phi) is 6.89. The summed E-state index contributed by atoms with van der Waals surface area (Å²) in [5.41, 5.74) is 3.00. The van der Waals surface area contributed by atoms with Gasteiger partial charge in [0.05, 0.1) is 0 Å². The van der Waals surface area contributed by atoms with Gasteiger partial charge in [0.1, 0.15) is 0 Å². The van der Waals surface area contributed by atoms with Gasteiger partial charge in [-0.2, -0.15) is 0 Å². The molecule has 1 aromatic rings. The molecule has 1 rings (SSSR count). The summed E-state index contributed by atoms with van der Waals surface area (Å²) in [6.45, 7) is 18.9. The van der Waals surface area contributed by atoms with Gasteiger partial charge in [0, 0.05) is 31.7 Å². The summed E-state index contributed by atoms with van der Waals surface area (Å²) in [5, 5.41) is 3.56. The van der Waals surface area contributed by atoms with Crippen molar-refractivity contribution in [2.24, 2.45) is 0 Å². The van der Waals surface area contributed by atoms with Gasteiger partial charge < -0.3 is 5.32 Å². The molecule has 1 N–H and O–H groups in total. The molecule has 0 aromatic heterocycles. The highest BCUT2D eigenvalue weighted by molar-refractivity contribution is 5.27. The Morgan fingerprint density at radius 2 is 1.48 bits per heavy atom. The molecule has 0 aliphatic heterocycles. The molecular weight excluding hydrogens is 256 g/mol. The van der Waals surface area contributed by atoms with E-state index in [-0.39, 0.29) is 5.41 Å². The van der Waals surface area contributed by atoms with Crippen molar-refractivity contribution in [2.75, 3.05) is 13.1 Å². The Morgan fingerprint density at radius 3 is 1.90 bits per heavy atom. The molecule has 0 bridgehead atoms. The van der Waals surface area contributed by atoms with Crippen LogP contribution in [0, 0.1) is 0 Å². The van der Waals surface area contributed by atoms with E-state index in [0.717, 1.165) is 19.6 Å². The number of benzene rings is 1. The molecule has 1 aromatic carbocycles. The van der Waals surface area contributed by atoms with Crippen molar-refractivity contribution in [3.8, 4) is 0 Å². The normalized spacial score (nSPS) is 12.7. The zero-order valence-electron chi connectivity index (χ0n) is 15.0. The fourth-order valence-electron chi connectivity index (χ4n) is 2.68. The van der Waals surface area contributed by atoms with Crippen molar-refractivity contribution in [3.63, 3.8) is 0 Å². The number of rotatable bonds is 7. The molecular formula is C19H34N2. The summed E-state index contributed by atoms with van der Waals surface area (Å²) in [7, 11) is 0. The second-order valence-corrected chi connectivity index (χ2v) is 7.55. The minimum atomic E-state index is 0.237. The summed E-state index contributed by atoms with van der Waals surface area (Å²) in [6, 6.07) is 10.2. The SMILES string of the molecule is CC(C)N(CCNCc1ccc(C(C)(C)C)cc1)C(C)C. The lowest BCUT2D eigenvalue weighted by atomic mass is 9.87.